The molecule has 0 unspecified atom stereocenters. The molecule has 0 fully saturated rings. The van der Waals surface area contributed by atoms with Gasteiger partial charge in [0.2, 0.25) is 0 Å². The first-order valence-electron chi connectivity index (χ1n) is 7.77. The van der Waals surface area contributed by atoms with Crippen molar-refractivity contribution in [2.24, 2.45) is 0 Å². The number of ether oxygens (including phenoxy) is 2. The van der Waals surface area contributed by atoms with Crippen molar-refractivity contribution in [3.05, 3.63) is 41.0 Å². The first-order chi connectivity index (χ1) is 10.7. The van der Waals surface area contributed by atoms with Crippen LogP contribution in [-0.4, -0.2) is 19.3 Å². The minimum Gasteiger partial charge on any atom is -0.507 e. The fourth-order valence-corrected chi connectivity index (χ4v) is 2.97. The summed E-state index contributed by atoms with van der Waals surface area (Å²) >= 11 is 0. The van der Waals surface area contributed by atoms with E-state index in [1.165, 1.54) is 0 Å². The Morgan fingerprint density at radius 3 is 2.13 bits per heavy atom. The zero-order valence-corrected chi connectivity index (χ0v) is 15.1. The molecule has 0 saturated carbocycles. The van der Waals surface area contributed by atoms with Gasteiger partial charge in [0.1, 0.15) is 17.2 Å². The maximum atomic E-state index is 10.6. The van der Waals surface area contributed by atoms with Crippen molar-refractivity contribution < 1.29 is 14.6 Å². The normalized spacial score (nSPS) is 11.4. The van der Waals surface area contributed by atoms with E-state index in [9.17, 15) is 5.11 Å². The molecule has 3 heteroatoms. The van der Waals surface area contributed by atoms with Crippen LogP contribution < -0.4 is 9.47 Å². The Kier molecular flexibility index (Phi) is 4.60. The third kappa shape index (κ3) is 3.00. The van der Waals surface area contributed by atoms with Gasteiger partial charge in [-0.2, -0.15) is 0 Å². The number of phenols is 1. The van der Waals surface area contributed by atoms with E-state index in [1.54, 1.807) is 20.3 Å². The minimum absolute atomic E-state index is 0.106. The number of rotatable bonds is 3. The Bertz CT molecular complexity index is 725. The highest BCUT2D eigenvalue weighted by molar-refractivity contribution is 5.82. The molecular formula is C20H26O3. The van der Waals surface area contributed by atoms with E-state index in [0.717, 1.165) is 39.3 Å². The van der Waals surface area contributed by atoms with Gasteiger partial charge in [0.15, 0.2) is 0 Å². The number of aromatic hydroxyl groups is 1. The smallest absolute Gasteiger partial charge is 0.130 e. The van der Waals surface area contributed by atoms with Crippen molar-refractivity contribution in [2.75, 3.05) is 14.2 Å². The minimum atomic E-state index is -0.106. The molecule has 2 aromatic rings. The largest absolute Gasteiger partial charge is 0.507 e. The van der Waals surface area contributed by atoms with E-state index < -0.39 is 0 Å². The molecule has 0 radical (unpaired) electrons. The van der Waals surface area contributed by atoms with Crippen LogP contribution in [0.5, 0.6) is 17.2 Å². The Morgan fingerprint density at radius 1 is 0.957 bits per heavy atom. The van der Waals surface area contributed by atoms with Gasteiger partial charge < -0.3 is 14.6 Å². The van der Waals surface area contributed by atoms with Crippen LogP contribution in [0.4, 0.5) is 0 Å². The number of methoxy groups -OCH3 is 2. The van der Waals surface area contributed by atoms with Crippen LogP contribution in [0.3, 0.4) is 0 Å². The Hall–Kier alpha value is -2.16. The second kappa shape index (κ2) is 6.15. The topological polar surface area (TPSA) is 38.7 Å². The zero-order chi connectivity index (χ0) is 17.4. The molecule has 0 heterocycles. The average Bonchev–Trinajstić information content (AvgIpc) is 2.49. The van der Waals surface area contributed by atoms with Crippen LogP contribution in [0, 0.1) is 13.8 Å². The number of hydrogen-bond acceptors (Lipinski definition) is 3. The lowest BCUT2D eigenvalue weighted by atomic mass is 9.80. The summed E-state index contributed by atoms with van der Waals surface area (Å²) in [5, 5.41) is 10.6. The summed E-state index contributed by atoms with van der Waals surface area (Å²) in [5.41, 5.74) is 4.69. The molecule has 0 aliphatic heterocycles. The maximum absolute atomic E-state index is 10.6. The molecule has 0 saturated heterocycles. The second-order valence-electron chi connectivity index (χ2n) is 6.86. The van der Waals surface area contributed by atoms with Crippen LogP contribution >= 0.6 is 0 Å². The van der Waals surface area contributed by atoms with Crippen LogP contribution in [0.15, 0.2) is 24.3 Å². The number of phenolic OH excluding ortho intramolecular Hbond substituents is 1. The van der Waals surface area contributed by atoms with Crippen LogP contribution in [0.1, 0.15) is 37.5 Å². The van der Waals surface area contributed by atoms with Gasteiger partial charge in [-0.05, 0) is 48.1 Å². The van der Waals surface area contributed by atoms with Crippen molar-refractivity contribution in [1.82, 2.24) is 0 Å². The molecule has 124 valence electrons. The lowest BCUT2D eigenvalue weighted by Crippen LogP contribution is -2.13. The summed E-state index contributed by atoms with van der Waals surface area (Å²) in [6.07, 6.45) is 0. The highest BCUT2D eigenvalue weighted by Crippen LogP contribution is 2.46. The Labute approximate surface area is 138 Å². The lowest BCUT2D eigenvalue weighted by Gasteiger charge is -2.26. The molecular weight excluding hydrogens is 288 g/mol. The van der Waals surface area contributed by atoms with E-state index in [-0.39, 0.29) is 11.2 Å². The van der Waals surface area contributed by atoms with Gasteiger partial charge in [-0.1, -0.05) is 32.9 Å². The van der Waals surface area contributed by atoms with Crippen molar-refractivity contribution in [1.29, 1.82) is 0 Å². The molecule has 2 aromatic carbocycles. The van der Waals surface area contributed by atoms with Crippen LogP contribution in [-0.2, 0) is 5.41 Å². The fraction of sp³-hybridized carbons (Fsp3) is 0.400. The summed E-state index contributed by atoms with van der Waals surface area (Å²) in [6.45, 7) is 10.4. The van der Waals surface area contributed by atoms with Crippen LogP contribution in [0.2, 0.25) is 0 Å². The van der Waals surface area contributed by atoms with E-state index in [0.29, 0.717) is 0 Å². The van der Waals surface area contributed by atoms with E-state index >= 15 is 0 Å². The standard InChI is InChI=1S/C20H26O3/c1-12-13(2)19(23-7)14(11-17(12)22-6)18-15(20(3,4)5)9-8-10-16(18)21/h8-11,21H,1-7H3. The first-order valence-corrected chi connectivity index (χ1v) is 7.77. The number of hydrogen-bond donors (Lipinski definition) is 1. The average molecular weight is 314 g/mol. The van der Waals surface area contributed by atoms with Crippen molar-refractivity contribution in [3.8, 4) is 28.4 Å². The summed E-state index contributed by atoms with van der Waals surface area (Å²) in [4.78, 5) is 0. The Balaban J connectivity index is 2.90. The zero-order valence-electron chi connectivity index (χ0n) is 15.1. The summed E-state index contributed by atoms with van der Waals surface area (Å²) in [7, 11) is 3.32. The SMILES string of the molecule is COc1cc(-c2c(O)cccc2C(C)(C)C)c(OC)c(C)c1C. The van der Waals surface area contributed by atoms with E-state index in [2.05, 4.69) is 26.8 Å². The van der Waals surface area contributed by atoms with E-state index in [1.807, 2.05) is 26.0 Å². The fourth-order valence-electron chi connectivity index (χ4n) is 2.97. The summed E-state index contributed by atoms with van der Waals surface area (Å²) in [5.74, 6) is 1.82. The van der Waals surface area contributed by atoms with Crippen LogP contribution in [0.25, 0.3) is 11.1 Å². The van der Waals surface area contributed by atoms with E-state index in [4.69, 9.17) is 9.47 Å². The molecule has 0 aliphatic carbocycles. The highest BCUT2D eigenvalue weighted by atomic mass is 16.5. The molecule has 3 nitrogen and oxygen atoms in total. The van der Waals surface area contributed by atoms with Gasteiger partial charge in [-0.25, -0.2) is 0 Å². The summed E-state index contributed by atoms with van der Waals surface area (Å²) in [6, 6.07) is 7.59. The molecule has 0 atom stereocenters. The lowest BCUT2D eigenvalue weighted by molar-refractivity contribution is 0.398. The number of benzene rings is 2. The molecule has 0 spiro atoms. The third-order valence-electron chi connectivity index (χ3n) is 4.34. The molecule has 23 heavy (non-hydrogen) atoms. The second-order valence-corrected chi connectivity index (χ2v) is 6.86. The maximum Gasteiger partial charge on any atom is 0.130 e. The van der Waals surface area contributed by atoms with Gasteiger partial charge in [-0.15, -0.1) is 0 Å². The van der Waals surface area contributed by atoms with Crippen molar-refractivity contribution in [2.45, 2.75) is 40.0 Å². The third-order valence-corrected chi connectivity index (χ3v) is 4.34. The molecule has 0 amide bonds. The van der Waals surface area contributed by atoms with Gasteiger partial charge in [0.25, 0.3) is 0 Å². The van der Waals surface area contributed by atoms with Crippen molar-refractivity contribution >= 4 is 0 Å². The molecule has 0 bridgehead atoms. The molecule has 0 aromatic heterocycles. The monoisotopic (exact) mass is 314 g/mol. The first kappa shape index (κ1) is 17.2. The van der Waals surface area contributed by atoms with Crippen molar-refractivity contribution in [3.63, 3.8) is 0 Å². The Morgan fingerprint density at radius 2 is 1.61 bits per heavy atom. The predicted octanol–water partition coefficient (Wildman–Crippen LogP) is 4.99. The van der Waals surface area contributed by atoms with Gasteiger partial charge in [-0.3, -0.25) is 0 Å². The molecule has 0 aliphatic rings. The van der Waals surface area contributed by atoms with Gasteiger partial charge >= 0.3 is 0 Å². The predicted molar refractivity (Wildman–Crippen MR) is 94.8 cm³/mol. The molecule has 2 rings (SSSR count). The molecule has 1 N–H and O–H groups in total. The highest BCUT2D eigenvalue weighted by Gasteiger charge is 2.25. The quantitative estimate of drug-likeness (QED) is 0.867. The van der Waals surface area contributed by atoms with Gasteiger partial charge in [0, 0.05) is 11.1 Å². The summed E-state index contributed by atoms with van der Waals surface area (Å²) < 4.78 is 11.2. The van der Waals surface area contributed by atoms with Gasteiger partial charge in [0.05, 0.1) is 14.2 Å².